The summed E-state index contributed by atoms with van der Waals surface area (Å²) in [6.45, 7) is 4.20. The Bertz CT molecular complexity index is 1070. The van der Waals surface area contributed by atoms with E-state index in [9.17, 15) is 5.26 Å². The minimum atomic E-state index is -0.129. The van der Waals surface area contributed by atoms with E-state index in [-0.39, 0.29) is 11.8 Å². The molecule has 0 unspecified atom stereocenters. The Morgan fingerprint density at radius 3 is 2.46 bits per heavy atom. The van der Waals surface area contributed by atoms with Gasteiger partial charge in [-0.1, -0.05) is 48.5 Å². The number of benzene rings is 2. The van der Waals surface area contributed by atoms with Crippen LogP contribution in [0, 0.1) is 25.2 Å². The molecule has 0 aromatic heterocycles. The van der Waals surface area contributed by atoms with Gasteiger partial charge in [-0.2, -0.15) is 5.26 Å². The van der Waals surface area contributed by atoms with E-state index >= 15 is 0 Å². The molecule has 140 valence electrons. The molecule has 1 atom stereocenters. The van der Waals surface area contributed by atoms with E-state index < -0.39 is 0 Å². The van der Waals surface area contributed by atoms with Crippen LogP contribution in [0.4, 0.5) is 0 Å². The van der Waals surface area contributed by atoms with Gasteiger partial charge in [0, 0.05) is 5.92 Å². The smallest absolute Gasteiger partial charge is 0.205 e. The molecule has 3 nitrogen and oxygen atoms in total. The molecule has 0 spiro atoms. The van der Waals surface area contributed by atoms with Gasteiger partial charge in [-0.3, -0.25) is 0 Å². The van der Waals surface area contributed by atoms with Gasteiger partial charge in [0.1, 0.15) is 17.4 Å². The van der Waals surface area contributed by atoms with Crippen molar-refractivity contribution in [1.82, 2.24) is 0 Å². The molecule has 2 aromatic rings. The lowest BCUT2D eigenvalue weighted by atomic mass is 9.76. The van der Waals surface area contributed by atoms with Crippen molar-refractivity contribution in [3.8, 4) is 6.07 Å². The SMILES string of the molecule is Cc1ccccc1/C=C1\CCCC2=C1OC(N)=C(C#N)[C@@H]2c1ccccc1C. The fourth-order valence-corrected chi connectivity index (χ4v) is 4.24. The van der Waals surface area contributed by atoms with Gasteiger partial charge < -0.3 is 10.5 Å². The molecule has 28 heavy (non-hydrogen) atoms. The lowest BCUT2D eigenvalue weighted by molar-refractivity contribution is 0.277. The highest BCUT2D eigenvalue weighted by molar-refractivity contribution is 5.64. The molecular weight excluding hydrogens is 344 g/mol. The Labute approximate surface area is 166 Å². The zero-order valence-electron chi connectivity index (χ0n) is 16.3. The van der Waals surface area contributed by atoms with Crippen LogP contribution >= 0.6 is 0 Å². The van der Waals surface area contributed by atoms with Crippen LogP contribution < -0.4 is 5.73 Å². The van der Waals surface area contributed by atoms with Gasteiger partial charge in [0.15, 0.2) is 0 Å². The van der Waals surface area contributed by atoms with E-state index in [0.717, 1.165) is 41.7 Å². The molecule has 2 N–H and O–H groups in total. The maximum absolute atomic E-state index is 9.81. The first-order valence-corrected chi connectivity index (χ1v) is 9.73. The predicted molar refractivity (Wildman–Crippen MR) is 112 cm³/mol. The van der Waals surface area contributed by atoms with Gasteiger partial charge in [0.25, 0.3) is 0 Å². The summed E-state index contributed by atoms with van der Waals surface area (Å²) < 4.78 is 6.06. The largest absolute Gasteiger partial charge is 0.440 e. The third kappa shape index (κ3) is 3.12. The van der Waals surface area contributed by atoms with Crippen molar-refractivity contribution in [3.05, 3.63) is 99.1 Å². The highest BCUT2D eigenvalue weighted by Gasteiger charge is 2.36. The topological polar surface area (TPSA) is 59.0 Å². The van der Waals surface area contributed by atoms with Crippen LogP contribution in [0.5, 0.6) is 0 Å². The van der Waals surface area contributed by atoms with Gasteiger partial charge >= 0.3 is 0 Å². The number of hydrogen-bond donors (Lipinski definition) is 1. The summed E-state index contributed by atoms with van der Waals surface area (Å²) in [5, 5.41) is 9.81. The Kier molecular flexibility index (Phi) is 4.79. The minimum absolute atomic E-state index is 0.129. The third-order valence-corrected chi connectivity index (χ3v) is 5.73. The molecule has 2 aromatic carbocycles. The maximum Gasteiger partial charge on any atom is 0.205 e. The molecule has 0 saturated carbocycles. The maximum atomic E-state index is 9.81. The summed E-state index contributed by atoms with van der Waals surface area (Å²) >= 11 is 0. The number of nitriles is 1. The molecule has 0 saturated heterocycles. The molecule has 2 aliphatic rings. The van der Waals surface area contributed by atoms with Crippen molar-refractivity contribution in [1.29, 1.82) is 5.26 Å². The standard InChI is InChI=1S/C25H24N2O/c1-16-8-3-5-10-18(16)14-19-11-7-13-21-23(20-12-6-4-9-17(20)2)22(15-26)25(27)28-24(19)21/h3-6,8-10,12,14,23H,7,11,13,27H2,1-2H3/b19-14+/t23-/m1/s1. The molecule has 0 radical (unpaired) electrons. The van der Waals surface area contributed by atoms with Crippen molar-refractivity contribution in [3.63, 3.8) is 0 Å². The first kappa shape index (κ1) is 18.1. The van der Waals surface area contributed by atoms with E-state index in [1.54, 1.807) is 0 Å². The molecule has 1 aliphatic heterocycles. The van der Waals surface area contributed by atoms with Gasteiger partial charge in [0.2, 0.25) is 5.88 Å². The third-order valence-electron chi connectivity index (χ3n) is 5.73. The number of nitrogens with two attached hydrogens (primary N) is 1. The van der Waals surface area contributed by atoms with E-state index in [1.165, 1.54) is 16.7 Å². The number of rotatable bonds is 2. The van der Waals surface area contributed by atoms with Gasteiger partial charge in [-0.25, -0.2) is 0 Å². The molecule has 0 bridgehead atoms. The fraction of sp³-hybridized carbons (Fsp3) is 0.240. The van der Waals surface area contributed by atoms with Gasteiger partial charge in [-0.05, 0) is 72.6 Å². The van der Waals surface area contributed by atoms with E-state index in [1.807, 2.05) is 18.2 Å². The molecule has 0 amide bonds. The summed E-state index contributed by atoms with van der Waals surface area (Å²) in [6.07, 6.45) is 5.12. The molecular formula is C25H24N2O. The summed E-state index contributed by atoms with van der Waals surface area (Å²) in [4.78, 5) is 0. The Morgan fingerprint density at radius 1 is 1.04 bits per heavy atom. The summed E-state index contributed by atoms with van der Waals surface area (Å²) in [6, 6.07) is 18.9. The second kappa shape index (κ2) is 7.40. The van der Waals surface area contributed by atoms with Crippen LogP contribution in [0.1, 0.15) is 47.4 Å². The van der Waals surface area contributed by atoms with Crippen molar-refractivity contribution < 1.29 is 4.74 Å². The number of nitrogens with zero attached hydrogens (tertiary/aromatic N) is 1. The van der Waals surface area contributed by atoms with Crippen LogP contribution in [-0.4, -0.2) is 0 Å². The number of ether oxygens (including phenoxy) is 1. The molecule has 0 fully saturated rings. The molecule has 3 heteroatoms. The lowest BCUT2D eigenvalue weighted by Gasteiger charge is -2.34. The zero-order chi connectivity index (χ0) is 19.7. The zero-order valence-corrected chi connectivity index (χ0v) is 16.3. The van der Waals surface area contributed by atoms with Crippen LogP contribution in [-0.2, 0) is 4.74 Å². The van der Waals surface area contributed by atoms with E-state index in [0.29, 0.717) is 5.57 Å². The Morgan fingerprint density at radius 2 is 1.75 bits per heavy atom. The van der Waals surface area contributed by atoms with Crippen molar-refractivity contribution in [2.24, 2.45) is 5.73 Å². The predicted octanol–water partition coefficient (Wildman–Crippen LogP) is 5.63. The van der Waals surface area contributed by atoms with Gasteiger partial charge in [-0.15, -0.1) is 0 Å². The summed E-state index contributed by atoms with van der Waals surface area (Å²) in [5.41, 5.74) is 13.8. The van der Waals surface area contributed by atoms with Crippen LogP contribution in [0.3, 0.4) is 0 Å². The van der Waals surface area contributed by atoms with Crippen molar-refractivity contribution in [2.75, 3.05) is 0 Å². The second-order valence-electron chi connectivity index (χ2n) is 7.52. The lowest BCUT2D eigenvalue weighted by Crippen LogP contribution is -2.24. The Balaban J connectivity index is 1.88. The summed E-state index contributed by atoms with van der Waals surface area (Å²) in [7, 11) is 0. The highest BCUT2D eigenvalue weighted by atomic mass is 16.5. The Hall–Kier alpha value is -3.25. The van der Waals surface area contributed by atoms with Crippen LogP contribution in [0.2, 0.25) is 0 Å². The molecule has 1 aliphatic carbocycles. The van der Waals surface area contributed by atoms with Crippen molar-refractivity contribution in [2.45, 2.75) is 39.0 Å². The number of aryl methyl sites for hydroxylation is 2. The van der Waals surface area contributed by atoms with Crippen LogP contribution in [0.25, 0.3) is 6.08 Å². The van der Waals surface area contributed by atoms with E-state index in [2.05, 4.69) is 56.3 Å². The monoisotopic (exact) mass is 368 g/mol. The normalized spacial score (nSPS) is 20.6. The minimum Gasteiger partial charge on any atom is -0.440 e. The van der Waals surface area contributed by atoms with E-state index in [4.69, 9.17) is 10.5 Å². The number of allylic oxidation sites excluding steroid dienone is 3. The number of hydrogen-bond acceptors (Lipinski definition) is 3. The quantitative estimate of drug-likeness (QED) is 0.747. The molecule has 1 heterocycles. The van der Waals surface area contributed by atoms with Crippen LogP contribution in [0.15, 0.2) is 76.9 Å². The highest BCUT2D eigenvalue weighted by Crippen LogP contribution is 2.47. The summed E-state index contributed by atoms with van der Waals surface area (Å²) in [5.74, 6) is 0.960. The first-order chi connectivity index (χ1) is 13.6. The second-order valence-corrected chi connectivity index (χ2v) is 7.52. The van der Waals surface area contributed by atoms with Crippen molar-refractivity contribution >= 4 is 6.08 Å². The molecule has 4 rings (SSSR count). The van der Waals surface area contributed by atoms with Gasteiger partial charge in [0.05, 0.1) is 0 Å². The average Bonchev–Trinajstić information content (AvgIpc) is 2.70. The fourth-order valence-electron chi connectivity index (χ4n) is 4.24. The average molecular weight is 368 g/mol. The first-order valence-electron chi connectivity index (χ1n) is 9.73.